The van der Waals surface area contributed by atoms with Gasteiger partial charge in [0.2, 0.25) is 0 Å². The summed E-state index contributed by atoms with van der Waals surface area (Å²) in [5, 5.41) is 8.17. The Morgan fingerprint density at radius 1 is 1.50 bits per heavy atom. The van der Waals surface area contributed by atoms with Crippen LogP contribution in [0.15, 0.2) is 0 Å². The van der Waals surface area contributed by atoms with Gasteiger partial charge in [0, 0.05) is 12.5 Å². The molecule has 0 radical (unpaired) electrons. The highest BCUT2D eigenvalue weighted by molar-refractivity contribution is 6.32. The van der Waals surface area contributed by atoms with Crippen molar-refractivity contribution in [2.45, 2.75) is 33.1 Å². The number of Topliss-reactive ketones (excluding diaryl/α,β-unsaturated/α-hetero) is 1. The highest BCUT2D eigenvalue weighted by Gasteiger charge is 2.35. The fourth-order valence-corrected chi connectivity index (χ4v) is 2.72. The molecule has 18 heavy (non-hydrogen) atoms. The molecule has 0 saturated carbocycles. The highest BCUT2D eigenvalue weighted by Crippen LogP contribution is 2.31. The van der Waals surface area contributed by atoms with E-state index in [1.165, 1.54) is 0 Å². The largest absolute Gasteiger partial charge is 0.317 e. The Hall–Kier alpha value is -0.870. The van der Waals surface area contributed by atoms with Crippen molar-refractivity contribution < 1.29 is 4.79 Å². The number of ketones is 1. The van der Waals surface area contributed by atoms with Crippen LogP contribution in [0.1, 0.15) is 31.2 Å². The third-order valence-corrected chi connectivity index (χ3v) is 4.46. The molecule has 1 aromatic heterocycles. The molecule has 0 spiro atoms. The summed E-state index contributed by atoms with van der Waals surface area (Å²) in [6.45, 7) is 5.76. The summed E-state index contributed by atoms with van der Waals surface area (Å²) < 4.78 is 1.72. The summed E-state index contributed by atoms with van der Waals surface area (Å²) in [6.07, 6.45) is 2.19. The molecule has 1 aromatic rings. The number of rotatable bonds is 3. The summed E-state index contributed by atoms with van der Waals surface area (Å²) in [5.74, 6) is 0.272. The predicted octanol–water partition coefficient (Wildman–Crippen LogP) is 1.88. The number of hydrogen-bond donors (Lipinski definition) is 1. The Morgan fingerprint density at radius 2 is 2.11 bits per heavy atom. The van der Waals surface area contributed by atoms with E-state index in [4.69, 9.17) is 11.6 Å². The average Bonchev–Trinajstić information content (AvgIpc) is 2.57. The molecule has 0 atom stereocenters. The second-order valence-electron chi connectivity index (χ2n) is 5.38. The molecule has 1 aliphatic heterocycles. The normalized spacial score (nSPS) is 18.9. The van der Waals surface area contributed by atoms with Gasteiger partial charge in [0.25, 0.3) is 0 Å². The van der Waals surface area contributed by atoms with Gasteiger partial charge in [-0.1, -0.05) is 18.5 Å². The van der Waals surface area contributed by atoms with Crippen LogP contribution >= 0.6 is 11.6 Å². The van der Waals surface area contributed by atoms with Crippen molar-refractivity contribution in [2.75, 3.05) is 13.1 Å². The van der Waals surface area contributed by atoms with Crippen molar-refractivity contribution in [3.05, 3.63) is 16.4 Å². The van der Waals surface area contributed by atoms with Crippen molar-refractivity contribution in [3.8, 4) is 0 Å². The SMILES string of the molecule is Cc1nn(C)c(CC(=O)C2(C)CCNCC2)c1Cl. The minimum Gasteiger partial charge on any atom is -0.317 e. The van der Waals surface area contributed by atoms with E-state index in [9.17, 15) is 4.79 Å². The molecule has 0 unspecified atom stereocenters. The molecule has 1 saturated heterocycles. The van der Waals surface area contributed by atoms with Crippen molar-refractivity contribution >= 4 is 17.4 Å². The molecular formula is C13H20ClN3O. The van der Waals surface area contributed by atoms with Crippen molar-refractivity contribution in [3.63, 3.8) is 0 Å². The van der Waals surface area contributed by atoms with Gasteiger partial charge in [0.1, 0.15) is 5.78 Å². The fraction of sp³-hybridized carbons (Fsp3) is 0.692. The van der Waals surface area contributed by atoms with E-state index in [2.05, 4.69) is 17.3 Å². The molecule has 0 aromatic carbocycles. The van der Waals surface area contributed by atoms with Crippen molar-refractivity contribution in [1.29, 1.82) is 0 Å². The number of aromatic nitrogens is 2. The first-order valence-electron chi connectivity index (χ1n) is 6.36. The van der Waals surface area contributed by atoms with E-state index < -0.39 is 0 Å². The number of carbonyl (C=O) groups is 1. The lowest BCUT2D eigenvalue weighted by Gasteiger charge is -2.32. The lowest BCUT2D eigenvalue weighted by molar-refractivity contribution is -0.128. The first-order chi connectivity index (χ1) is 8.44. The second kappa shape index (κ2) is 5.02. The molecule has 5 heteroatoms. The van der Waals surface area contributed by atoms with Gasteiger partial charge < -0.3 is 5.32 Å². The second-order valence-corrected chi connectivity index (χ2v) is 5.76. The van der Waals surface area contributed by atoms with Gasteiger partial charge in [-0.2, -0.15) is 5.10 Å². The zero-order chi connectivity index (χ0) is 13.3. The molecule has 2 heterocycles. The summed E-state index contributed by atoms with van der Waals surface area (Å²) in [7, 11) is 1.84. The van der Waals surface area contributed by atoms with Crippen LogP contribution in [0.2, 0.25) is 5.02 Å². The summed E-state index contributed by atoms with van der Waals surface area (Å²) in [6, 6.07) is 0. The van der Waals surface area contributed by atoms with Crippen LogP contribution in [0.3, 0.4) is 0 Å². The van der Waals surface area contributed by atoms with E-state index in [1.807, 2.05) is 14.0 Å². The van der Waals surface area contributed by atoms with Crippen LogP contribution in [0.5, 0.6) is 0 Å². The molecule has 1 aliphatic rings. The fourth-order valence-electron chi connectivity index (χ4n) is 2.50. The van der Waals surface area contributed by atoms with E-state index in [0.29, 0.717) is 11.4 Å². The van der Waals surface area contributed by atoms with Gasteiger partial charge in [-0.3, -0.25) is 9.48 Å². The molecule has 1 N–H and O–H groups in total. The first-order valence-corrected chi connectivity index (χ1v) is 6.74. The molecule has 1 fully saturated rings. The maximum absolute atomic E-state index is 12.5. The highest BCUT2D eigenvalue weighted by atomic mass is 35.5. The molecular weight excluding hydrogens is 250 g/mol. The van der Waals surface area contributed by atoms with Gasteiger partial charge >= 0.3 is 0 Å². The van der Waals surface area contributed by atoms with Crippen molar-refractivity contribution in [2.24, 2.45) is 12.5 Å². The number of nitrogens with one attached hydrogen (secondary N) is 1. The lowest BCUT2D eigenvalue weighted by Crippen LogP contribution is -2.40. The number of aryl methyl sites for hydroxylation is 2. The Bertz CT molecular complexity index is 461. The monoisotopic (exact) mass is 269 g/mol. The van der Waals surface area contributed by atoms with Gasteiger partial charge in [-0.15, -0.1) is 0 Å². The minimum atomic E-state index is -0.216. The molecule has 0 bridgehead atoms. The number of hydrogen-bond acceptors (Lipinski definition) is 3. The Morgan fingerprint density at radius 3 is 2.61 bits per heavy atom. The van der Waals surface area contributed by atoms with E-state index >= 15 is 0 Å². The average molecular weight is 270 g/mol. The first kappa shape index (κ1) is 13.6. The Labute approximate surface area is 113 Å². The zero-order valence-corrected chi connectivity index (χ0v) is 12.0. The molecule has 100 valence electrons. The van der Waals surface area contributed by atoms with Crippen molar-refractivity contribution in [1.82, 2.24) is 15.1 Å². The van der Waals surface area contributed by atoms with Crippen LogP contribution in [-0.2, 0) is 18.3 Å². The predicted molar refractivity (Wildman–Crippen MR) is 71.9 cm³/mol. The van der Waals surface area contributed by atoms with Crippen LogP contribution < -0.4 is 5.32 Å². The maximum Gasteiger partial charge on any atom is 0.144 e. The Balaban J connectivity index is 2.16. The van der Waals surface area contributed by atoms with Gasteiger partial charge in [-0.25, -0.2) is 0 Å². The summed E-state index contributed by atoms with van der Waals surface area (Å²) in [4.78, 5) is 12.5. The van der Waals surface area contributed by atoms with Gasteiger partial charge in [-0.05, 0) is 32.9 Å². The minimum absolute atomic E-state index is 0.216. The quantitative estimate of drug-likeness (QED) is 0.912. The third-order valence-electron chi connectivity index (χ3n) is 3.97. The van der Waals surface area contributed by atoms with Crippen LogP contribution in [0, 0.1) is 12.3 Å². The summed E-state index contributed by atoms with van der Waals surface area (Å²) >= 11 is 6.19. The van der Waals surface area contributed by atoms with E-state index in [-0.39, 0.29) is 11.2 Å². The summed E-state index contributed by atoms with van der Waals surface area (Å²) in [5.41, 5.74) is 1.41. The van der Waals surface area contributed by atoms with E-state index in [0.717, 1.165) is 37.3 Å². The molecule has 0 aliphatic carbocycles. The third kappa shape index (κ3) is 2.45. The topological polar surface area (TPSA) is 46.9 Å². The van der Waals surface area contributed by atoms with Gasteiger partial charge in [0.15, 0.2) is 0 Å². The van der Waals surface area contributed by atoms with Gasteiger partial charge in [0.05, 0.1) is 22.8 Å². The lowest BCUT2D eigenvalue weighted by atomic mass is 9.76. The van der Waals surface area contributed by atoms with Crippen LogP contribution in [0.25, 0.3) is 0 Å². The Kier molecular flexibility index (Phi) is 3.78. The standard InChI is InChI=1S/C13H20ClN3O/c1-9-12(14)10(17(3)16-9)8-11(18)13(2)4-6-15-7-5-13/h15H,4-8H2,1-3H3. The molecule has 0 amide bonds. The number of carbonyl (C=O) groups excluding carboxylic acids is 1. The number of nitrogens with zero attached hydrogens (tertiary/aromatic N) is 2. The van der Waals surface area contributed by atoms with Crippen LogP contribution in [-0.4, -0.2) is 28.7 Å². The maximum atomic E-state index is 12.5. The van der Waals surface area contributed by atoms with Crippen LogP contribution in [0.4, 0.5) is 0 Å². The zero-order valence-electron chi connectivity index (χ0n) is 11.2. The number of piperidine rings is 1. The molecule has 2 rings (SSSR count). The van der Waals surface area contributed by atoms with E-state index in [1.54, 1.807) is 4.68 Å². The number of halogens is 1. The molecule has 4 nitrogen and oxygen atoms in total. The smallest absolute Gasteiger partial charge is 0.144 e.